The van der Waals surface area contributed by atoms with Gasteiger partial charge in [-0.1, -0.05) is 23.7 Å². The lowest BCUT2D eigenvalue weighted by molar-refractivity contribution is -0.137. The molecule has 3 rings (SSSR count). The van der Waals surface area contributed by atoms with Crippen molar-refractivity contribution in [2.45, 2.75) is 11.3 Å². The predicted octanol–water partition coefficient (Wildman–Crippen LogP) is 2.10. The van der Waals surface area contributed by atoms with E-state index < -0.39 is 10.0 Å². The van der Waals surface area contributed by atoms with Crippen LogP contribution in [0.3, 0.4) is 0 Å². The molecule has 0 saturated carbocycles. The molecule has 0 spiro atoms. The molecule has 0 radical (unpaired) electrons. The Hall–Kier alpha value is -2.13. The highest BCUT2D eigenvalue weighted by molar-refractivity contribution is 7.89. The lowest BCUT2D eigenvalue weighted by Gasteiger charge is -2.26. The molecule has 29 heavy (non-hydrogen) atoms. The Morgan fingerprint density at radius 1 is 1.14 bits per heavy atom. The monoisotopic (exact) mass is 438 g/mol. The second-order valence-electron chi connectivity index (χ2n) is 6.53. The van der Waals surface area contributed by atoms with E-state index in [9.17, 15) is 13.2 Å². The fourth-order valence-electron chi connectivity index (χ4n) is 2.87. The van der Waals surface area contributed by atoms with Crippen molar-refractivity contribution in [3.05, 3.63) is 59.1 Å². The summed E-state index contributed by atoms with van der Waals surface area (Å²) in [7, 11) is -3.59. The van der Waals surface area contributed by atoms with Crippen LogP contribution < -0.4 is 9.46 Å². The minimum Gasteiger partial charge on any atom is -0.484 e. The van der Waals surface area contributed by atoms with Crippen LogP contribution in [0.15, 0.2) is 53.4 Å². The molecule has 0 bridgehead atoms. The molecule has 2 aromatic rings. The van der Waals surface area contributed by atoms with Crippen molar-refractivity contribution in [1.82, 2.24) is 9.62 Å². The number of halogens is 1. The molecule has 156 valence electrons. The number of morpholine rings is 1. The van der Waals surface area contributed by atoms with Crippen molar-refractivity contribution in [2.75, 3.05) is 39.5 Å². The maximum absolute atomic E-state index is 12.3. The standard InChI is InChI=1S/C20H23ClN2O5S/c21-17-4-6-19(7-5-17)29(25,26)22-9-8-16-2-1-3-18(14-16)28-15-20(24)23-10-12-27-13-11-23/h1-7,14,22H,8-13,15H2. The van der Waals surface area contributed by atoms with E-state index in [4.69, 9.17) is 21.1 Å². The number of carbonyl (C=O) groups excluding carboxylic acids is 1. The number of nitrogens with zero attached hydrogens (tertiary/aromatic N) is 1. The first-order chi connectivity index (χ1) is 13.9. The van der Waals surface area contributed by atoms with E-state index in [-0.39, 0.29) is 24.0 Å². The van der Waals surface area contributed by atoms with Crippen molar-refractivity contribution < 1.29 is 22.7 Å². The largest absolute Gasteiger partial charge is 0.484 e. The molecule has 9 heteroatoms. The topological polar surface area (TPSA) is 84.9 Å². The van der Waals surface area contributed by atoms with Crippen LogP contribution in [-0.2, 0) is 26.0 Å². The number of rotatable bonds is 8. The third-order valence-corrected chi connectivity index (χ3v) is 6.18. The van der Waals surface area contributed by atoms with Gasteiger partial charge in [0.05, 0.1) is 18.1 Å². The van der Waals surface area contributed by atoms with Gasteiger partial charge >= 0.3 is 0 Å². The Balaban J connectivity index is 1.49. The number of amides is 1. The number of hydrogen-bond donors (Lipinski definition) is 1. The minimum atomic E-state index is -3.59. The third kappa shape index (κ3) is 6.43. The molecule has 2 aromatic carbocycles. The lowest BCUT2D eigenvalue weighted by Crippen LogP contribution is -2.42. The first kappa shape index (κ1) is 21.6. The molecule has 1 amide bonds. The van der Waals surface area contributed by atoms with Crippen LogP contribution >= 0.6 is 11.6 Å². The highest BCUT2D eigenvalue weighted by Crippen LogP contribution is 2.16. The van der Waals surface area contributed by atoms with Crippen LogP contribution in [0.25, 0.3) is 0 Å². The Morgan fingerprint density at radius 2 is 1.86 bits per heavy atom. The van der Waals surface area contributed by atoms with Crippen LogP contribution in [-0.4, -0.2) is 58.7 Å². The molecular weight excluding hydrogens is 416 g/mol. The Kier molecular flexibility index (Phi) is 7.49. The number of hydrogen-bond acceptors (Lipinski definition) is 5. The van der Waals surface area contributed by atoms with E-state index in [1.54, 1.807) is 11.0 Å². The average Bonchev–Trinajstić information content (AvgIpc) is 2.73. The summed E-state index contributed by atoms with van der Waals surface area (Å²) in [4.78, 5) is 14.0. The molecule has 1 aliphatic rings. The molecule has 1 aliphatic heterocycles. The summed E-state index contributed by atoms with van der Waals surface area (Å²) < 4.78 is 38.0. The summed E-state index contributed by atoms with van der Waals surface area (Å²) in [6, 6.07) is 13.3. The zero-order valence-electron chi connectivity index (χ0n) is 15.8. The molecule has 0 unspecified atom stereocenters. The summed E-state index contributed by atoms with van der Waals surface area (Å²) in [6.45, 7) is 2.46. The van der Waals surface area contributed by atoms with Gasteiger partial charge in [-0.2, -0.15) is 0 Å². The molecule has 7 nitrogen and oxygen atoms in total. The first-order valence-electron chi connectivity index (χ1n) is 9.26. The Morgan fingerprint density at radius 3 is 2.59 bits per heavy atom. The van der Waals surface area contributed by atoms with Crippen LogP contribution in [0, 0.1) is 0 Å². The van der Waals surface area contributed by atoms with Gasteiger partial charge in [0.15, 0.2) is 6.61 Å². The quantitative estimate of drug-likeness (QED) is 0.682. The van der Waals surface area contributed by atoms with Crippen LogP contribution in [0.4, 0.5) is 0 Å². The van der Waals surface area contributed by atoms with Crippen LogP contribution in [0.1, 0.15) is 5.56 Å². The molecule has 1 N–H and O–H groups in total. The van der Waals surface area contributed by atoms with E-state index in [1.807, 2.05) is 18.2 Å². The molecule has 1 saturated heterocycles. The number of nitrogens with one attached hydrogen (secondary N) is 1. The molecule has 0 aromatic heterocycles. The van der Waals surface area contributed by atoms with Gasteiger partial charge in [-0.15, -0.1) is 0 Å². The van der Waals surface area contributed by atoms with Gasteiger partial charge in [-0.25, -0.2) is 13.1 Å². The van der Waals surface area contributed by atoms with Crippen molar-refractivity contribution in [3.8, 4) is 5.75 Å². The fourth-order valence-corrected chi connectivity index (χ4v) is 4.02. The normalized spacial score (nSPS) is 14.6. The second kappa shape index (κ2) is 10.1. The first-order valence-corrected chi connectivity index (χ1v) is 11.1. The van der Waals surface area contributed by atoms with E-state index in [2.05, 4.69) is 4.72 Å². The zero-order chi connectivity index (χ0) is 20.7. The highest BCUT2D eigenvalue weighted by Gasteiger charge is 2.17. The number of carbonyl (C=O) groups is 1. The number of ether oxygens (including phenoxy) is 2. The van der Waals surface area contributed by atoms with E-state index in [0.717, 1.165) is 5.56 Å². The summed E-state index contributed by atoms with van der Waals surface area (Å²) in [5.74, 6) is 0.499. The second-order valence-corrected chi connectivity index (χ2v) is 8.73. The number of benzene rings is 2. The molecule has 0 aliphatic carbocycles. The van der Waals surface area contributed by atoms with Crippen LogP contribution in [0.5, 0.6) is 5.75 Å². The summed E-state index contributed by atoms with van der Waals surface area (Å²) in [6.07, 6.45) is 0.488. The maximum atomic E-state index is 12.3. The SMILES string of the molecule is O=C(COc1cccc(CCNS(=O)(=O)c2ccc(Cl)cc2)c1)N1CCOCC1. The summed E-state index contributed by atoms with van der Waals surface area (Å²) >= 11 is 5.79. The van der Waals surface area contributed by atoms with Gasteiger partial charge in [-0.3, -0.25) is 4.79 Å². The predicted molar refractivity (Wildman–Crippen MR) is 110 cm³/mol. The van der Waals surface area contributed by atoms with E-state index in [0.29, 0.717) is 43.5 Å². The maximum Gasteiger partial charge on any atom is 0.260 e. The van der Waals surface area contributed by atoms with Crippen LogP contribution in [0.2, 0.25) is 5.02 Å². The van der Waals surface area contributed by atoms with Crippen molar-refractivity contribution in [1.29, 1.82) is 0 Å². The summed E-state index contributed by atoms with van der Waals surface area (Å²) in [5.41, 5.74) is 0.903. The number of sulfonamides is 1. The summed E-state index contributed by atoms with van der Waals surface area (Å²) in [5, 5.41) is 0.480. The van der Waals surface area contributed by atoms with Gasteiger partial charge in [0.25, 0.3) is 5.91 Å². The highest BCUT2D eigenvalue weighted by atomic mass is 35.5. The van der Waals surface area contributed by atoms with Crippen molar-refractivity contribution >= 4 is 27.5 Å². The molecule has 0 atom stereocenters. The van der Waals surface area contributed by atoms with E-state index >= 15 is 0 Å². The molecule has 1 fully saturated rings. The van der Waals surface area contributed by atoms with Gasteiger partial charge < -0.3 is 14.4 Å². The Bertz CT molecular complexity index is 928. The van der Waals surface area contributed by atoms with Crippen molar-refractivity contribution in [2.24, 2.45) is 0 Å². The smallest absolute Gasteiger partial charge is 0.260 e. The third-order valence-electron chi connectivity index (χ3n) is 4.45. The zero-order valence-corrected chi connectivity index (χ0v) is 17.4. The fraction of sp³-hybridized carbons (Fsp3) is 0.350. The minimum absolute atomic E-state index is 0.0351. The molecule has 1 heterocycles. The lowest BCUT2D eigenvalue weighted by atomic mass is 10.1. The van der Waals surface area contributed by atoms with Gasteiger partial charge in [0.2, 0.25) is 10.0 Å². The Labute approximate surface area is 175 Å². The van der Waals surface area contributed by atoms with Gasteiger partial charge in [0.1, 0.15) is 5.75 Å². The van der Waals surface area contributed by atoms with Gasteiger partial charge in [0, 0.05) is 24.7 Å². The van der Waals surface area contributed by atoms with E-state index in [1.165, 1.54) is 24.3 Å². The average molecular weight is 439 g/mol. The van der Waals surface area contributed by atoms with Gasteiger partial charge in [-0.05, 0) is 48.4 Å². The van der Waals surface area contributed by atoms with Crippen molar-refractivity contribution in [3.63, 3.8) is 0 Å². The molecular formula is C20H23ClN2O5S.